The fraction of sp³-hybridized carbons (Fsp3) is 0.333. The number of H-pyrrole nitrogens is 1. The summed E-state index contributed by atoms with van der Waals surface area (Å²) in [6, 6.07) is 3.31. The monoisotopic (exact) mass is 366 g/mol. The lowest BCUT2D eigenvalue weighted by Gasteiger charge is -2.25. The Hall–Kier alpha value is -1.40. The molecule has 0 aliphatic heterocycles. The van der Waals surface area contributed by atoms with Crippen LogP contribution in [0.5, 0.6) is 0 Å². The number of aromatic amines is 1. The quantitative estimate of drug-likeness (QED) is 0.856. The van der Waals surface area contributed by atoms with Crippen molar-refractivity contribution in [1.29, 1.82) is 0 Å². The second-order valence-corrected chi connectivity index (χ2v) is 6.91. The molecule has 0 saturated carbocycles. The Morgan fingerprint density at radius 1 is 1.48 bits per heavy atom. The molecular formula is C15H15BrN2O2S. The number of rotatable bonds is 2. The second-order valence-electron chi connectivity index (χ2n) is 5.24. The molecule has 21 heavy (non-hydrogen) atoms. The van der Waals surface area contributed by atoms with Crippen molar-refractivity contribution in [2.45, 2.75) is 32.2 Å². The first kappa shape index (κ1) is 14.5. The first-order chi connectivity index (χ1) is 10.1. The molecule has 110 valence electrons. The first-order valence-electron chi connectivity index (χ1n) is 6.83. The molecule has 3 rings (SSSR count). The Kier molecular flexibility index (Phi) is 3.99. The van der Waals surface area contributed by atoms with E-state index in [1.807, 2.05) is 18.4 Å². The molecule has 1 unspecified atom stereocenters. The molecule has 6 heteroatoms. The number of hydrogen-bond acceptors (Lipinski definition) is 3. The summed E-state index contributed by atoms with van der Waals surface area (Å²) >= 11 is 4.90. The lowest BCUT2D eigenvalue weighted by atomic mass is 9.91. The van der Waals surface area contributed by atoms with Crippen molar-refractivity contribution in [3.05, 3.63) is 54.0 Å². The minimum Gasteiger partial charge on any atom is -0.344 e. The van der Waals surface area contributed by atoms with Crippen LogP contribution < -0.4 is 10.9 Å². The normalized spacial score (nSPS) is 17.3. The average molecular weight is 367 g/mol. The number of carbonyl (C=O) groups is 1. The summed E-state index contributed by atoms with van der Waals surface area (Å²) in [6.45, 7) is 1.97. The molecule has 0 radical (unpaired) electrons. The topological polar surface area (TPSA) is 62.0 Å². The molecule has 1 amide bonds. The molecule has 2 N–H and O–H groups in total. The molecule has 4 nitrogen and oxygen atoms in total. The van der Waals surface area contributed by atoms with Crippen LogP contribution in [0.2, 0.25) is 0 Å². The highest BCUT2D eigenvalue weighted by Gasteiger charge is 2.24. The van der Waals surface area contributed by atoms with E-state index in [1.165, 1.54) is 17.4 Å². The van der Waals surface area contributed by atoms with Gasteiger partial charge in [0.05, 0.1) is 6.04 Å². The number of amides is 1. The van der Waals surface area contributed by atoms with Crippen molar-refractivity contribution in [3.8, 4) is 0 Å². The number of fused-ring (bicyclic) bond motifs is 1. The standard InChI is InChI=1S/C15H15BrN2O2S/c1-8-7-21-14(13(8)16)15(20)18-11-4-2-3-10-9(11)5-6-12(19)17-10/h5-7,11H,2-4H2,1H3,(H,17,19)(H,18,20). The molecule has 2 aromatic rings. The lowest BCUT2D eigenvalue weighted by Crippen LogP contribution is -2.31. The first-order valence-corrected chi connectivity index (χ1v) is 8.50. The minimum atomic E-state index is -0.0858. The molecule has 0 aromatic carbocycles. The molecule has 2 aromatic heterocycles. The van der Waals surface area contributed by atoms with Crippen molar-refractivity contribution in [3.63, 3.8) is 0 Å². The van der Waals surface area contributed by atoms with Crippen LogP contribution in [0.25, 0.3) is 0 Å². The summed E-state index contributed by atoms with van der Waals surface area (Å²) in [5.41, 5.74) is 2.95. The van der Waals surface area contributed by atoms with Crippen molar-refractivity contribution in [1.82, 2.24) is 10.3 Å². The van der Waals surface area contributed by atoms with Gasteiger partial charge in [-0.2, -0.15) is 0 Å². The summed E-state index contributed by atoms with van der Waals surface area (Å²) < 4.78 is 0.863. The zero-order chi connectivity index (χ0) is 15.0. The fourth-order valence-corrected chi connectivity index (χ4v) is 4.23. The van der Waals surface area contributed by atoms with E-state index in [1.54, 1.807) is 0 Å². The van der Waals surface area contributed by atoms with Crippen LogP contribution in [0, 0.1) is 6.92 Å². The van der Waals surface area contributed by atoms with Gasteiger partial charge in [0, 0.05) is 16.2 Å². The van der Waals surface area contributed by atoms with Gasteiger partial charge in [0.1, 0.15) is 4.88 Å². The van der Waals surface area contributed by atoms with Crippen LogP contribution in [-0.2, 0) is 6.42 Å². The smallest absolute Gasteiger partial charge is 0.263 e. The van der Waals surface area contributed by atoms with Gasteiger partial charge in [0.2, 0.25) is 5.56 Å². The van der Waals surface area contributed by atoms with Gasteiger partial charge in [-0.1, -0.05) is 0 Å². The third-order valence-electron chi connectivity index (χ3n) is 3.74. The number of halogens is 1. The molecular weight excluding hydrogens is 352 g/mol. The third-order valence-corrected chi connectivity index (χ3v) is 6.12. The van der Waals surface area contributed by atoms with Gasteiger partial charge >= 0.3 is 0 Å². The molecule has 0 spiro atoms. The SMILES string of the molecule is Cc1csc(C(=O)NC2CCCc3[nH]c(=O)ccc32)c1Br. The summed E-state index contributed by atoms with van der Waals surface area (Å²) in [6.07, 6.45) is 2.72. The van der Waals surface area contributed by atoms with E-state index < -0.39 is 0 Å². The van der Waals surface area contributed by atoms with Crippen LogP contribution in [0.4, 0.5) is 0 Å². The van der Waals surface area contributed by atoms with E-state index >= 15 is 0 Å². The van der Waals surface area contributed by atoms with Crippen LogP contribution in [0.1, 0.15) is 45.4 Å². The van der Waals surface area contributed by atoms with Crippen LogP contribution in [-0.4, -0.2) is 10.9 Å². The maximum Gasteiger partial charge on any atom is 0.263 e. The highest BCUT2D eigenvalue weighted by Crippen LogP contribution is 2.31. The number of aromatic nitrogens is 1. The van der Waals surface area contributed by atoms with Crippen molar-refractivity contribution < 1.29 is 4.79 Å². The Morgan fingerprint density at radius 3 is 3.00 bits per heavy atom. The van der Waals surface area contributed by atoms with Gasteiger partial charge in [-0.25, -0.2) is 0 Å². The molecule has 2 heterocycles. The highest BCUT2D eigenvalue weighted by molar-refractivity contribution is 9.10. The fourth-order valence-electron chi connectivity index (χ4n) is 2.66. The lowest BCUT2D eigenvalue weighted by molar-refractivity contribution is 0.0936. The zero-order valence-electron chi connectivity index (χ0n) is 11.5. The van der Waals surface area contributed by atoms with Crippen LogP contribution in [0.15, 0.2) is 26.8 Å². The summed E-state index contributed by atoms with van der Waals surface area (Å²) in [7, 11) is 0. The van der Waals surface area contributed by atoms with Gasteiger partial charge < -0.3 is 10.3 Å². The van der Waals surface area contributed by atoms with Crippen LogP contribution in [0.3, 0.4) is 0 Å². The average Bonchev–Trinajstić information content (AvgIpc) is 2.79. The van der Waals surface area contributed by atoms with E-state index in [4.69, 9.17) is 0 Å². The van der Waals surface area contributed by atoms with E-state index in [0.29, 0.717) is 4.88 Å². The molecule has 1 aliphatic carbocycles. The maximum absolute atomic E-state index is 12.4. The van der Waals surface area contributed by atoms with Gasteiger partial charge in [0.15, 0.2) is 0 Å². The van der Waals surface area contributed by atoms with E-state index in [0.717, 1.165) is 40.6 Å². The Morgan fingerprint density at radius 2 is 2.29 bits per heavy atom. The predicted molar refractivity (Wildman–Crippen MR) is 87.0 cm³/mol. The van der Waals surface area contributed by atoms with Gasteiger partial charge in [-0.3, -0.25) is 9.59 Å². The third kappa shape index (κ3) is 2.82. The predicted octanol–water partition coefficient (Wildman–Crippen LogP) is 3.31. The van der Waals surface area contributed by atoms with Gasteiger partial charge in [0.25, 0.3) is 5.91 Å². The maximum atomic E-state index is 12.4. The van der Waals surface area contributed by atoms with E-state index in [9.17, 15) is 9.59 Å². The number of hydrogen-bond donors (Lipinski definition) is 2. The van der Waals surface area contributed by atoms with E-state index in [-0.39, 0.29) is 17.5 Å². The van der Waals surface area contributed by atoms with Crippen molar-refractivity contribution in [2.75, 3.05) is 0 Å². The van der Waals surface area contributed by atoms with Crippen molar-refractivity contribution in [2.24, 2.45) is 0 Å². The Balaban J connectivity index is 1.85. The summed E-state index contributed by atoms with van der Waals surface area (Å²) in [4.78, 5) is 27.4. The Bertz CT molecular complexity index is 750. The number of carbonyl (C=O) groups excluding carboxylic acids is 1. The minimum absolute atomic E-state index is 0.0348. The number of aryl methyl sites for hydroxylation is 2. The number of pyridine rings is 1. The Labute approximate surface area is 134 Å². The zero-order valence-corrected chi connectivity index (χ0v) is 13.9. The molecule has 0 fully saturated rings. The molecule has 1 atom stereocenters. The van der Waals surface area contributed by atoms with E-state index in [2.05, 4.69) is 26.2 Å². The summed E-state index contributed by atoms with van der Waals surface area (Å²) in [5, 5.41) is 5.05. The largest absolute Gasteiger partial charge is 0.344 e. The van der Waals surface area contributed by atoms with Gasteiger partial charge in [-0.15, -0.1) is 11.3 Å². The van der Waals surface area contributed by atoms with Gasteiger partial charge in [-0.05, 0) is 64.7 Å². The molecule has 0 bridgehead atoms. The molecule has 1 aliphatic rings. The number of nitrogens with one attached hydrogen (secondary N) is 2. The highest BCUT2D eigenvalue weighted by atomic mass is 79.9. The second kappa shape index (κ2) is 5.77. The number of thiophene rings is 1. The van der Waals surface area contributed by atoms with Crippen LogP contribution >= 0.6 is 27.3 Å². The molecule has 0 saturated heterocycles. The van der Waals surface area contributed by atoms with Crippen molar-refractivity contribution >= 4 is 33.2 Å². The summed E-state index contributed by atoms with van der Waals surface area (Å²) in [5.74, 6) is -0.0657.